The van der Waals surface area contributed by atoms with Crippen LogP contribution >= 0.6 is 0 Å². The lowest BCUT2D eigenvalue weighted by Crippen LogP contribution is -2.34. The summed E-state index contributed by atoms with van der Waals surface area (Å²) >= 11 is 0. The molecule has 7 heteroatoms. The van der Waals surface area contributed by atoms with Crippen LogP contribution in [-0.4, -0.2) is 35.8 Å². The minimum absolute atomic E-state index is 0.0222. The Balaban J connectivity index is 3.07. The van der Waals surface area contributed by atoms with Gasteiger partial charge in [0.25, 0.3) is 10.0 Å². The lowest BCUT2D eigenvalue weighted by Gasteiger charge is -2.17. The first kappa shape index (κ1) is 12.7. The molecule has 0 saturated carbocycles. The van der Waals surface area contributed by atoms with E-state index in [4.69, 9.17) is 5.26 Å². The zero-order chi connectivity index (χ0) is 12.3. The van der Waals surface area contributed by atoms with Crippen molar-refractivity contribution in [3.8, 4) is 6.07 Å². The highest BCUT2D eigenvalue weighted by atomic mass is 32.2. The van der Waals surface area contributed by atoms with Crippen LogP contribution in [0.1, 0.15) is 19.7 Å². The summed E-state index contributed by atoms with van der Waals surface area (Å²) in [4.78, 5) is 6.64. The number of imidazole rings is 1. The van der Waals surface area contributed by atoms with Crippen molar-refractivity contribution in [2.45, 2.75) is 31.3 Å². The van der Waals surface area contributed by atoms with E-state index in [1.165, 1.54) is 20.2 Å². The van der Waals surface area contributed by atoms with Crippen molar-refractivity contribution in [1.82, 2.24) is 14.3 Å². The minimum Gasteiger partial charge on any atom is -0.332 e. The third kappa shape index (κ3) is 2.23. The molecule has 88 valence electrons. The Morgan fingerprint density at radius 2 is 2.31 bits per heavy atom. The molecule has 1 aromatic rings. The van der Waals surface area contributed by atoms with Gasteiger partial charge in [-0.3, -0.25) is 0 Å². The normalized spacial score (nSPS) is 13.7. The minimum atomic E-state index is -3.65. The smallest absolute Gasteiger partial charge is 0.261 e. The van der Waals surface area contributed by atoms with Gasteiger partial charge in [0.2, 0.25) is 0 Å². The van der Waals surface area contributed by atoms with Crippen LogP contribution in [0, 0.1) is 11.3 Å². The monoisotopic (exact) mass is 242 g/mol. The molecule has 1 heterocycles. The molecular formula is C9H14N4O2S. The number of sulfonamides is 1. The molecule has 0 amide bonds. The topological polar surface area (TPSA) is 89.8 Å². The van der Waals surface area contributed by atoms with Crippen LogP contribution in [0.15, 0.2) is 11.2 Å². The molecule has 0 aliphatic carbocycles. The molecule has 0 aromatic carbocycles. The average molecular weight is 242 g/mol. The van der Waals surface area contributed by atoms with Gasteiger partial charge in [0, 0.05) is 13.5 Å². The number of hydrogen-bond acceptors (Lipinski definition) is 4. The summed E-state index contributed by atoms with van der Waals surface area (Å²) in [5.41, 5.74) is 0. The molecule has 1 rings (SSSR count). The summed E-state index contributed by atoms with van der Waals surface area (Å²) in [7, 11) is -2.28. The van der Waals surface area contributed by atoms with E-state index in [0.717, 1.165) is 4.31 Å². The lowest BCUT2D eigenvalue weighted by molar-refractivity contribution is 0.440. The van der Waals surface area contributed by atoms with Gasteiger partial charge < -0.3 is 4.98 Å². The molecule has 1 unspecified atom stereocenters. The Morgan fingerprint density at radius 1 is 1.69 bits per heavy atom. The maximum atomic E-state index is 12.0. The van der Waals surface area contributed by atoms with Crippen LogP contribution in [0.5, 0.6) is 0 Å². The molecule has 16 heavy (non-hydrogen) atoms. The van der Waals surface area contributed by atoms with E-state index in [1.807, 2.05) is 13.0 Å². The number of hydrogen-bond donors (Lipinski definition) is 1. The summed E-state index contributed by atoms with van der Waals surface area (Å²) in [6.45, 7) is 3.39. The van der Waals surface area contributed by atoms with Gasteiger partial charge in [-0.2, -0.15) is 9.57 Å². The first-order valence-corrected chi connectivity index (χ1v) is 6.29. The Hall–Kier alpha value is -1.39. The van der Waals surface area contributed by atoms with Gasteiger partial charge >= 0.3 is 0 Å². The van der Waals surface area contributed by atoms with Gasteiger partial charge in [-0.1, -0.05) is 6.92 Å². The van der Waals surface area contributed by atoms with Gasteiger partial charge in [-0.25, -0.2) is 13.4 Å². The van der Waals surface area contributed by atoms with Crippen LogP contribution in [0.4, 0.5) is 0 Å². The van der Waals surface area contributed by atoms with Crippen LogP contribution in [0.25, 0.3) is 0 Å². The van der Waals surface area contributed by atoms with Crippen molar-refractivity contribution in [2.24, 2.45) is 0 Å². The van der Waals surface area contributed by atoms with Crippen LogP contribution in [0.3, 0.4) is 0 Å². The molecule has 0 aliphatic rings. The van der Waals surface area contributed by atoms with Gasteiger partial charge in [-0.15, -0.1) is 0 Å². The maximum absolute atomic E-state index is 12.0. The van der Waals surface area contributed by atoms with Gasteiger partial charge in [0.05, 0.1) is 12.3 Å². The molecule has 0 aliphatic heterocycles. The van der Waals surface area contributed by atoms with Crippen molar-refractivity contribution in [3.63, 3.8) is 0 Å². The molecular weight excluding hydrogens is 228 g/mol. The van der Waals surface area contributed by atoms with Crippen molar-refractivity contribution in [1.29, 1.82) is 5.26 Å². The van der Waals surface area contributed by atoms with E-state index in [0.29, 0.717) is 12.2 Å². The van der Waals surface area contributed by atoms with Crippen LogP contribution < -0.4 is 0 Å². The second kappa shape index (κ2) is 4.63. The van der Waals surface area contributed by atoms with Crippen molar-refractivity contribution < 1.29 is 8.42 Å². The summed E-state index contributed by atoms with van der Waals surface area (Å²) < 4.78 is 24.9. The zero-order valence-electron chi connectivity index (χ0n) is 9.43. The van der Waals surface area contributed by atoms with Crippen molar-refractivity contribution in [2.75, 3.05) is 7.05 Å². The highest BCUT2D eigenvalue weighted by Crippen LogP contribution is 2.14. The number of nitrogens with one attached hydrogen (secondary N) is 1. The molecule has 0 saturated heterocycles. The predicted molar refractivity (Wildman–Crippen MR) is 58.0 cm³/mol. The maximum Gasteiger partial charge on any atom is 0.261 e. The fourth-order valence-corrected chi connectivity index (χ4v) is 2.31. The Bertz CT molecular complexity index is 500. The van der Waals surface area contributed by atoms with Gasteiger partial charge in [0.15, 0.2) is 5.03 Å². The largest absolute Gasteiger partial charge is 0.332 e. The Labute approximate surface area is 95.0 Å². The highest BCUT2D eigenvalue weighted by molar-refractivity contribution is 7.89. The molecule has 1 atom stereocenters. The number of nitrogens with zero attached hydrogens (tertiary/aromatic N) is 3. The Kier molecular flexibility index (Phi) is 3.67. The SMILES string of the molecule is CCc1ncc(S(=O)(=O)N(C)C(C)C#N)[nH]1. The summed E-state index contributed by atoms with van der Waals surface area (Å²) in [6.07, 6.45) is 1.90. The molecule has 0 fully saturated rings. The standard InChI is InChI=1S/C9H14N4O2S/c1-4-8-11-6-9(12-8)16(14,15)13(3)7(2)5-10/h6-7H,4H2,1-3H3,(H,11,12). The van der Waals surface area contributed by atoms with E-state index >= 15 is 0 Å². The number of aromatic amines is 1. The third-order valence-corrected chi connectivity index (χ3v) is 4.17. The first-order valence-electron chi connectivity index (χ1n) is 4.85. The predicted octanol–water partition coefficient (Wildman–Crippen LogP) is 0.505. The first-order chi connectivity index (χ1) is 7.43. The van der Waals surface area contributed by atoms with Crippen LogP contribution in [-0.2, 0) is 16.4 Å². The van der Waals surface area contributed by atoms with E-state index in [2.05, 4.69) is 9.97 Å². The number of aromatic nitrogens is 2. The fraction of sp³-hybridized carbons (Fsp3) is 0.556. The third-order valence-electron chi connectivity index (χ3n) is 2.33. The fourth-order valence-electron chi connectivity index (χ4n) is 1.10. The number of rotatable bonds is 4. The summed E-state index contributed by atoms with van der Waals surface area (Å²) in [5, 5.41) is 8.71. The average Bonchev–Trinajstić information content (AvgIpc) is 2.75. The highest BCUT2D eigenvalue weighted by Gasteiger charge is 2.26. The second-order valence-electron chi connectivity index (χ2n) is 3.37. The lowest BCUT2D eigenvalue weighted by atomic mass is 10.4. The number of nitriles is 1. The molecule has 1 aromatic heterocycles. The van der Waals surface area contributed by atoms with E-state index < -0.39 is 16.1 Å². The van der Waals surface area contributed by atoms with Gasteiger partial charge in [0.1, 0.15) is 11.9 Å². The number of aryl methyl sites for hydroxylation is 1. The van der Waals surface area contributed by atoms with Crippen LogP contribution in [0.2, 0.25) is 0 Å². The van der Waals surface area contributed by atoms with Gasteiger partial charge in [-0.05, 0) is 6.92 Å². The molecule has 1 N–H and O–H groups in total. The quantitative estimate of drug-likeness (QED) is 0.832. The van der Waals surface area contributed by atoms with E-state index in [9.17, 15) is 8.42 Å². The number of H-pyrrole nitrogens is 1. The van der Waals surface area contributed by atoms with E-state index in [-0.39, 0.29) is 5.03 Å². The molecule has 0 radical (unpaired) electrons. The summed E-state index contributed by atoms with van der Waals surface area (Å²) in [6, 6.07) is 1.16. The second-order valence-corrected chi connectivity index (χ2v) is 5.34. The molecule has 0 bridgehead atoms. The van der Waals surface area contributed by atoms with E-state index in [1.54, 1.807) is 0 Å². The molecule has 0 spiro atoms. The van der Waals surface area contributed by atoms with Crippen molar-refractivity contribution in [3.05, 3.63) is 12.0 Å². The molecule has 6 nitrogen and oxygen atoms in total. The van der Waals surface area contributed by atoms with Crippen molar-refractivity contribution >= 4 is 10.0 Å². The summed E-state index contributed by atoms with van der Waals surface area (Å²) in [5.74, 6) is 0.608. The zero-order valence-corrected chi connectivity index (χ0v) is 10.2. The Morgan fingerprint density at radius 3 is 2.75 bits per heavy atom.